The summed E-state index contributed by atoms with van der Waals surface area (Å²) >= 11 is 0. The lowest BCUT2D eigenvalue weighted by molar-refractivity contribution is 0.0831. The average molecular weight is 332 g/mol. The third kappa shape index (κ3) is 4.91. The summed E-state index contributed by atoms with van der Waals surface area (Å²) in [6.45, 7) is 8.73. The zero-order valence-corrected chi connectivity index (χ0v) is 15.2. The molecule has 5 nitrogen and oxygen atoms in total. The molecule has 0 bridgehead atoms. The van der Waals surface area contributed by atoms with E-state index in [4.69, 9.17) is 0 Å². The molecule has 130 valence electrons. The standard InChI is InChI=1S/C16H33N3O2S/c1-14(2)19(22(3,20)21)13-16(15-7-5-4-6-8-15)18-11-9-17-10-12-18/h14-17H,4-13H2,1-3H3. The van der Waals surface area contributed by atoms with Gasteiger partial charge in [-0.1, -0.05) is 19.3 Å². The Morgan fingerprint density at radius 1 is 1.14 bits per heavy atom. The molecule has 2 aliphatic rings. The Kier molecular flexibility index (Phi) is 6.68. The van der Waals surface area contributed by atoms with Crippen molar-refractivity contribution in [2.75, 3.05) is 39.0 Å². The minimum absolute atomic E-state index is 0.0315. The zero-order valence-electron chi connectivity index (χ0n) is 14.4. The number of hydrogen-bond donors (Lipinski definition) is 1. The van der Waals surface area contributed by atoms with Gasteiger partial charge in [-0.15, -0.1) is 0 Å². The van der Waals surface area contributed by atoms with Crippen LogP contribution in [0.4, 0.5) is 0 Å². The second kappa shape index (κ2) is 8.08. The van der Waals surface area contributed by atoms with E-state index in [1.807, 2.05) is 13.8 Å². The molecule has 1 N–H and O–H groups in total. The lowest BCUT2D eigenvalue weighted by atomic mass is 9.83. The van der Waals surface area contributed by atoms with Gasteiger partial charge in [-0.05, 0) is 32.6 Å². The van der Waals surface area contributed by atoms with Gasteiger partial charge < -0.3 is 5.32 Å². The number of piperazine rings is 1. The molecule has 1 aliphatic heterocycles. The van der Waals surface area contributed by atoms with Crippen LogP contribution < -0.4 is 5.32 Å². The monoisotopic (exact) mass is 331 g/mol. The fourth-order valence-electron chi connectivity index (χ4n) is 4.01. The Balaban J connectivity index is 2.14. The summed E-state index contributed by atoms with van der Waals surface area (Å²) < 4.78 is 26.0. The SMILES string of the molecule is CC(C)N(CC(C1CCCCC1)N1CCNCC1)S(C)(=O)=O. The molecule has 0 amide bonds. The van der Waals surface area contributed by atoms with Crippen molar-refractivity contribution < 1.29 is 8.42 Å². The highest BCUT2D eigenvalue weighted by Crippen LogP contribution is 2.30. The third-order valence-corrected chi connectivity index (χ3v) is 6.61. The molecule has 0 radical (unpaired) electrons. The van der Waals surface area contributed by atoms with Crippen molar-refractivity contribution in [2.24, 2.45) is 5.92 Å². The highest BCUT2D eigenvalue weighted by atomic mass is 32.2. The number of rotatable bonds is 6. The van der Waals surface area contributed by atoms with Crippen molar-refractivity contribution >= 4 is 10.0 Å². The molecule has 1 saturated carbocycles. The van der Waals surface area contributed by atoms with E-state index in [-0.39, 0.29) is 6.04 Å². The highest BCUT2D eigenvalue weighted by molar-refractivity contribution is 7.88. The van der Waals surface area contributed by atoms with Gasteiger partial charge in [-0.2, -0.15) is 4.31 Å². The van der Waals surface area contributed by atoms with Crippen LogP contribution in [0.25, 0.3) is 0 Å². The van der Waals surface area contributed by atoms with Crippen molar-refractivity contribution in [3.63, 3.8) is 0 Å². The van der Waals surface area contributed by atoms with E-state index in [9.17, 15) is 8.42 Å². The molecule has 1 aliphatic carbocycles. The normalized spacial score (nSPS) is 24.0. The van der Waals surface area contributed by atoms with Crippen molar-refractivity contribution in [3.8, 4) is 0 Å². The predicted octanol–water partition coefficient (Wildman–Crippen LogP) is 1.51. The predicted molar refractivity (Wildman–Crippen MR) is 91.5 cm³/mol. The Labute approximate surface area is 136 Å². The van der Waals surface area contributed by atoms with Gasteiger partial charge in [0.2, 0.25) is 10.0 Å². The Bertz CT molecular complexity index is 409. The van der Waals surface area contributed by atoms with E-state index < -0.39 is 10.0 Å². The van der Waals surface area contributed by atoms with Crippen LogP contribution in [0.1, 0.15) is 46.0 Å². The molecule has 2 fully saturated rings. The first-order chi connectivity index (χ1) is 10.4. The molecule has 0 aromatic rings. The van der Waals surface area contributed by atoms with Crippen LogP contribution in [-0.4, -0.2) is 68.7 Å². The molecule has 1 atom stereocenters. The molecule has 2 rings (SSSR count). The lowest BCUT2D eigenvalue weighted by Crippen LogP contribution is -2.56. The number of hydrogen-bond acceptors (Lipinski definition) is 4. The van der Waals surface area contributed by atoms with Gasteiger partial charge in [0.25, 0.3) is 0 Å². The van der Waals surface area contributed by atoms with Gasteiger partial charge in [0.15, 0.2) is 0 Å². The van der Waals surface area contributed by atoms with E-state index in [1.165, 1.54) is 38.4 Å². The first-order valence-corrected chi connectivity index (χ1v) is 10.7. The number of nitrogens with zero attached hydrogens (tertiary/aromatic N) is 2. The van der Waals surface area contributed by atoms with Crippen molar-refractivity contribution in [3.05, 3.63) is 0 Å². The minimum atomic E-state index is -3.15. The summed E-state index contributed by atoms with van der Waals surface area (Å²) in [5.74, 6) is 0.648. The van der Waals surface area contributed by atoms with Crippen LogP contribution in [-0.2, 0) is 10.0 Å². The first-order valence-electron chi connectivity index (χ1n) is 8.81. The lowest BCUT2D eigenvalue weighted by Gasteiger charge is -2.43. The first kappa shape index (κ1) is 18.2. The maximum atomic E-state index is 12.2. The molecule has 0 aromatic carbocycles. The van der Waals surface area contributed by atoms with Crippen LogP contribution >= 0.6 is 0 Å². The Hall–Kier alpha value is -0.170. The summed E-state index contributed by atoms with van der Waals surface area (Å²) in [5.41, 5.74) is 0. The van der Waals surface area contributed by atoms with Gasteiger partial charge in [0, 0.05) is 44.8 Å². The van der Waals surface area contributed by atoms with Crippen LogP contribution in [0, 0.1) is 5.92 Å². The van der Waals surface area contributed by atoms with Crippen LogP contribution in [0.3, 0.4) is 0 Å². The van der Waals surface area contributed by atoms with E-state index in [0.29, 0.717) is 18.5 Å². The topological polar surface area (TPSA) is 52.6 Å². The molecule has 0 aromatic heterocycles. The molecular weight excluding hydrogens is 298 g/mol. The summed E-state index contributed by atoms with van der Waals surface area (Å²) in [4.78, 5) is 2.53. The third-order valence-electron chi connectivity index (χ3n) is 5.18. The quantitative estimate of drug-likeness (QED) is 0.802. The molecule has 0 spiro atoms. The molecule has 1 heterocycles. The fraction of sp³-hybridized carbons (Fsp3) is 1.00. The number of nitrogens with one attached hydrogen (secondary N) is 1. The molecular formula is C16H33N3O2S. The zero-order chi connectivity index (χ0) is 16.2. The molecule has 1 saturated heterocycles. The molecule has 22 heavy (non-hydrogen) atoms. The van der Waals surface area contributed by atoms with E-state index in [0.717, 1.165) is 26.2 Å². The van der Waals surface area contributed by atoms with Gasteiger partial charge in [-0.3, -0.25) is 4.90 Å². The average Bonchev–Trinajstić information content (AvgIpc) is 2.48. The van der Waals surface area contributed by atoms with E-state index in [1.54, 1.807) is 4.31 Å². The maximum absolute atomic E-state index is 12.2. The van der Waals surface area contributed by atoms with Crippen LogP contribution in [0.2, 0.25) is 0 Å². The summed E-state index contributed by atoms with van der Waals surface area (Å²) in [5, 5.41) is 3.41. The highest BCUT2D eigenvalue weighted by Gasteiger charge is 2.34. The van der Waals surface area contributed by atoms with Gasteiger partial charge >= 0.3 is 0 Å². The van der Waals surface area contributed by atoms with E-state index >= 15 is 0 Å². The van der Waals surface area contributed by atoms with Crippen LogP contribution in [0.5, 0.6) is 0 Å². The maximum Gasteiger partial charge on any atom is 0.211 e. The Morgan fingerprint density at radius 3 is 2.23 bits per heavy atom. The van der Waals surface area contributed by atoms with Crippen LogP contribution in [0.15, 0.2) is 0 Å². The number of sulfonamides is 1. The minimum Gasteiger partial charge on any atom is -0.314 e. The Morgan fingerprint density at radius 2 is 1.73 bits per heavy atom. The summed E-state index contributed by atoms with van der Waals surface area (Å²) in [7, 11) is -3.15. The molecule has 1 unspecified atom stereocenters. The summed E-state index contributed by atoms with van der Waals surface area (Å²) in [6.07, 6.45) is 7.80. The van der Waals surface area contributed by atoms with Gasteiger partial charge in [-0.25, -0.2) is 8.42 Å². The van der Waals surface area contributed by atoms with Crippen molar-refractivity contribution in [2.45, 2.75) is 58.0 Å². The van der Waals surface area contributed by atoms with E-state index in [2.05, 4.69) is 10.2 Å². The molecule has 6 heteroatoms. The largest absolute Gasteiger partial charge is 0.314 e. The fourth-order valence-corrected chi connectivity index (χ4v) is 5.20. The van der Waals surface area contributed by atoms with Gasteiger partial charge in [0.1, 0.15) is 0 Å². The second-order valence-electron chi connectivity index (χ2n) is 7.18. The smallest absolute Gasteiger partial charge is 0.211 e. The second-order valence-corrected chi connectivity index (χ2v) is 9.11. The summed E-state index contributed by atoms with van der Waals surface area (Å²) in [6, 6.07) is 0.406. The van der Waals surface area contributed by atoms with Gasteiger partial charge in [0.05, 0.1) is 6.26 Å². The van der Waals surface area contributed by atoms with Crippen molar-refractivity contribution in [1.82, 2.24) is 14.5 Å². The van der Waals surface area contributed by atoms with Crippen molar-refractivity contribution in [1.29, 1.82) is 0 Å².